The predicted octanol–water partition coefficient (Wildman–Crippen LogP) is 5.30. The van der Waals surface area contributed by atoms with Crippen LogP contribution in [0, 0.1) is 0 Å². The van der Waals surface area contributed by atoms with E-state index in [0.717, 1.165) is 5.39 Å². The van der Waals surface area contributed by atoms with Crippen molar-refractivity contribution in [1.82, 2.24) is 9.66 Å². The van der Waals surface area contributed by atoms with Gasteiger partial charge in [0, 0.05) is 5.39 Å². The third-order valence-electron chi connectivity index (χ3n) is 5.61. The smallest absolute Gasteiger partial charge is 0.344 e. The number of aromatic nitrogens is 2. The third kappa shape index (κ3) is 4.96. The van der Waals surface area contributed by atoms with E-state index in [4.69, 9.17) is 30.2 Å². The van der Waals surface area contributed by atoms with E-state index in [2.05, 4.69) is 10.1 Å². The second-order valence-corrected chi connectivity index (χ2v) is 8.50. The summed E-state index contributed by atoms with van der Waals surface area (Å²) < 4.78 is 23.0. The quantitative estimate of drug-likeness (QED) is 0.198. The maximum Gasteiger partial charge on any atom is 0.344 e. The van der Waals surface area contributed by atoms with Crippen molar-refractivity contribution in [2.45, 2.75) is 6.92 Å². The largest absolute Gasteiger partial charge is 0.493 e. The second-order valence-electron chi connectivity index (χ2n) is 8.09. The third-order valence-corrected chi connectivity index (χ3v) is 5.89. The molecule has 0 radical (unpaired) electrons. The Balaban J connectivity index is 1.57. The van der Waals surface area contributed by atoms with Gasteiger partial charge in [0.05, 0.1) is 35.9 Å². The minimum Gasteiger partial charge on any atom is -0.493 e. The van der Waals surface area contributed by atoms with Crippen molar-refractivity contribution >= 4 is 45.7 Å². The van der Waals surface area contributed by atoms with Crippen LogP contribution in [0.25, 0.3) is 33.5 Å². The van der Waals surface area contributed by atoms with Gasteiger partial charge in [-0.1, -0.05) is 41.9 Å². The Morgan fingerprint density at radius 1 is 1.13 bits per heavy atom. The topological polar surface area (TPSA) is 105 Å². The van der Waals surface area contributed by atoms with Crippen LogP contribution in [0.15, 0.2) is 81.0 Å². The molecule has 0 unspecified atom stereocenters. The molecule has 192 valence electrons. The van der Waals surface area contributed by atoms with Gasteiger partial charge in [0.25, 0.3) is 5.56 Å². The zero-order valence-electron chi connectivity index (χ0n) is 20.5. The number of benzene rings is 3. The lowest BCUT2D eigenvalue weighted by Crippen LogP contribution is -2.20. The summed E-state index contributed by atoms with van der Waals surface area (Å²) in [5, 5.41) is 5.91. The van der Waals surface area contributed by atoms with Gasteiger partial charge in [0.1, 0.15) is 5.58 Å². The highest BCUT2D eigenvalue weighted by molar-refractivity contribution is 6.32. The molecule has 0 spiro atoms. The SMILES string of the molecule is CCOC(=O)COc1c(Cl)cc(C=Nn2c(-c3cc4ccccc4o3)nc3ccccc3c2=O)cc1OC. The average Bonchev–Trinajstić information content (AvgIpc) is 3.36. The highest BCUT2D eigenvalue weighted by Gasteiger charge is 2.17. The van der Waals surface area contributed by atoms with Gasteiger partial charge in [-0.05, 0) is 48.9 Å². The molecule has 5 aromatic rings. The standard InChI is InChI=1S/C28H22ClN3O6/c1-3-36-25(33)16-37-26-20(29)12-17(13-23(26)35-2)15-30-32-27(24-14-18-8-4-7-11-22(18)38-24)31-21-10-6-5-9-19(21)28(32)34/h4-15H,3,16H2,1-2H3. The van der Waals surface area contributed by atoms with E-state index < -0.39 is 5.97 Å². The van der Waals surface area contributed by atoms with Crippen molar-refractivity contribution in [3.63, 3.8) is 0 Å². The van der Waals surface area contributed by atoms with Crippen molar-refractivity contribution in [1.29, 1.82) is 0 Å². The number of furan rings is 1. The molecule has 3 aromatic carbocycles. The Hall–Kier alpha value is -4.63. The van der Waals surface area contributed by atoms with Crippen LogP contribution < -0.4 is 15.0 Å². The van der Waals surface area contributed by atoms with Crippen LogP contribution in [0.1, 0.15) is 12.5 Å². The number of para-hydroxylation sites is 2. The Kier molecular flexibility index (Phi) is 7.10. The summed E-state index contributed by atoms with van der Waals surface area (Å²) in [7, 11) is 1.45. The first-order valence-electron chi connectivity index (χ1n) is 11.7. The average molecular weight is 532 g/mol. The van der Waals surface area contributed by atoms with E-state index in [1.165, 1.54) is 18.0 Å². The van der Waals surface area contributed by atoms with E-state index in [9.17, 15) is 9.59 Å². The van der Waals surface area contributed by atoms with Gasteiger partial charge in [-0.25, -0.2) is 9.78 Å². The maximum atomic E-state index is 13.5. The fourth-order valence-electron chi connectivity index (χ4n) is 3.89. The summed E-state index contributed by atoms with van der Waals surface area (Å²) in [6, 6.07) is 19.6. The van der Waals surface area contributed by atoms with Crippen molar-refractivity contribution in [3.8, 4) is 23.1 Å². The molecule has 0 atom stereocenters. The van der Waals surface area contributed by atoms with E-state index in [-0.39, 0.29) is 41.1 Å². The van der Waals surface area contributed by atoms with Crippen molar-refractivity contribution in [2.75, 3.05) is 20.3 Å². The minimum atomic E-state index is -0.530. The Bertz CT molecular complexity index is 1710. The van der Waals surface area contributed by atoms with Crippen LogP contribution in [0.4, 0.5) is 0 Å². The van der Waals surface area contributed by atoms with Crippen LogP contribution in [0.2, 0.25) is 5.02 Å². The zero-order valence-corrected chi connectivity index (χ0v) is 21.3. The molecule has 9 nitrogen and oxygen atoms in total. The summed E-state index contributed by atoms with van der Waals surface area (Å²) in [5.74, 6) is 0.576. The van der Waals surface area contributed by atoms with Gasteiger partial charge in [-0.2, -0.15) is 9.78 Å². The molecule has 0 saturated heterocycles. The fraction of sp³-hybridized carbons (Fsp3) is 0.143. The van der Waals surface area contributed by atoms with Gasteiger partial charge in [0.15, 0.2) is 23.9 Å². The number of carbonyl (C=O) groups is 1. The Labute approximate surface area is 221 Å². The summed E-state index contributed by atoms with van der Waals surface area (Å²) in [6.07, 6.45) is 1.45. The van der Waals surface area contributed by atoms with E-state index in [0.29, 0.717) is 27.8 Å². The molecule has 0 aliphatic heterocycles. The first kappa shape index (κ1) is 25.0. The molecule has 0 fully saturated rings. The molecule has 0 amide bonds. The van der Waals surface area contributed by atoms with Crippen molar-refractivity contribution in [3.05, 3.63) is 87.7 Å². The van der Waals surface area contributed by atoms with Crippen LogP contribution in [-0.2, 0) is 9.53 Å². The molecule has 0 saturated carbocycles. The number of esters is 1. The van der Waals surface area contributed by atoms with Crippen LogP contribution in [0.3, 0.4) is 0 Å². The number of carbonyl (C=O) groups excluding carboxylic acids is 1. The van der Waals surface area contributed by atoms with Gasteiger partial charge in [-0.3, -0.25) is 4.79 Å². The van der Waals surface area contributed by atoms with Crippen LogP contribution in [0.5, 0.6) is 11.5 Å². The molecule has 0 bridgehead atoms. The number of hydrogen-bond acceptors (Lipinski definition) is 8. The number of fused-ring (bicyclic) bond motifs is 2. The maximum absolute atomic E-state index is 13.5. The number of methoxy groups -OCH3 is 1. The first-order valence-corrected chi connectivity index (χ1v) is 12.1. The molecular formula is C28H22ClN3O6. The number of rotatable bonds is 8. The summed E-state index contributed by atoms with van der Waals surface area (Å²) in [5.41, 5.74) is 1.34. The molecule has 0 aliphatic rings. The molecule has 5 rings (SSSR count). The molecule has 38 heavy (non-hydrogen) atoms. The molecule has 2 aromatic heterocycles. The summed E-state index contributed by atoms with van der Waals surface area (Å²) >= 11 is 6.42. The molecule has 10 heteroatoms. The molecule has 0 aliphatic carbocycles. The minimum absolute atomic E-state index is 0.187. The normalized spacial score (nSPS) is 11.3. The number of hydrogen-bond donors (Lipinski definition) is 0. The zero-order chi connectivity index (χ0) is 26.6. The second kappa shape index (κ2) is 10.8. The predicted molar refractivity (Wildman–Crippen MR) is 144 cm³/mol. The van der Waals surface area contributed by atoms with Crippen LogP contribution >= 0.6 is 11.6 Å². The van der Waals surface area contributed by atoms with Crippen molar-refractivity contribution in [2.24, 2.45) is 5.10 Å². The number of halogens is 1. The number of nitrogens with zero attached hydrogens (tertiary/aromatic N) is 3. The van der Waals surface area contributed by atoms with Crippen molar-refractivity contribution < 1.29 is 23.4 Å². The number of ether oxygens (including phenoxy) is 3. The lowest BCUT2D eigenvalue weighted by Gasteiger charge is -2.13. The molecule has 0 N–H and O–H groups in total. The monoisotopic (exact) mass is 531 g/mol. The first-order chi connectivity index (χ1) is 18.5. The van der Waals surface area contributed by atoms with E-state index in [1.54, 1.807) is 37.3 Å². The lowest BCUT2D eigenvalue weighted by molar-refractivity contribution is -0.145. The fourth-order valence-corrected chi connectivity index (χ4v) is 4.17. The van der Waals surface area contributed by atoms with Gasteiger partial charge in [0.2, 0.25) is 5.82 Å². The Morgan fingerprint density at radius 3 is 2.71 bits per heavy atom. The molecular weight excluding hydrogens is 510 g/mol. The van der Waals surface area contributed by atoms with E-state index in [1.807, 2.05) is 36.4 Å². The Morgan fingerprint density at radius 2 is 1.92 bits per heavy atom. The van der Waals surface area contributed by atoms with Gasteiger partial charge < -0.3 is 18.6 Å². The van der Waals surface area contributed by atoms with Gasteiger partial charge in [-0.15, -0.1) is 0 Å². The highest BCUT2D eigenvalue weighted by Crippen LogP contribution is 2.36. The summed E-state index contributed by atoms with van der Waals surface area (Å²) in [6.45, 7) is 1.62. The van der Waals surface area contributed by atoms with E-state index >= 15 is 0 Å². The highest BCUT2D eigenvalue weighted by atomic mass is 35.5. The van der Waals surface area contributed by atoms with Gasteiger partial charge >= 0.3 is 5.97 Å². The summed E-state index contributed by atoms with van der Waals surface area (Å²) in [4.78, 5) is 29.8. The molecule has 2 heterocycles. The lowest BCUT2D eigenvalue weighted by atomic mass is 10.2. The van der Waals surface area contributed by atoms with Crippen LogP contribution in [-0.4, -0.2) is 42.2 Å².